The first-order valence-corrected chi connectivity index (χ1v) is 9.52. The smallest absolute Gasteiger partial charge is 0.263 e. The molecule has 0 atom stereocenters. The van der Waals surface area contributed by atoms with E-state index in [0.29, 0.717) is 18.0 Å². The lowest BCUT2D eigenvalue weighted by atomic mass is 10.1. The second-order valence-corrected chi connectivity index (χ2v) is 7.44. The maximum absolute atomic E-state index is 12.7. The maximum atomic E-state index is 12.7. The summed E-state index contributed by atoms with van der Waals surface area (Å²) >= 11 is 0. The quantitative estimate of drug-likeness (QED) is 0.768. The summed E-state index contributed by atoms with van der Waals surface area (Å²) in [5.41, 5.74) is 2.36. The minimum Gasteiger partial charge on any atom is -0.493 e. The lowest BCUT2D eigenvalue weighted by molar-refractivity contribution is 0.305. The van der Waals surface area contributed by atoms with E-state index in [1.165, 1.54) is 0 Å². The van der Waals surface area contributed by atoms with Crippen molar-refractivity contribution in [3.8, 4) is 5.75 Å². The molecule has 0 unspecified atom stereocenters. The first-order valence-electron chi connectivity index (χ1n) is 8.04. The number of rotatable bonds is 7. The molecule has 24 heavy (non-hydrogen) atoms. The normalized spacial score (nSPS) is 11.3. The van der Waals surface area contributed by atoms with Crippen LogP contribution >= 0.6 is 0 Å². The van der Waals surface area contributed by atoms with Gasteiger partial charge in [-0.15, -0.1) is 0 Å². The number of nitrogens with one attached hydrogen (secondary N) is 1. The van der Waals surface area contributed by atoms with E-state index in [-0.39, 0.29) is 4.90 Å². The Kier molecular flexibility index (Phi) is 5.83. The zero-order chi connectivity index (χ0) is 17.7. The van der Waals surface area contributed by atoms with E-state index in [1.54, 1.807) is 37.4 Å². The van der Waals surface area contributed by atoms with Crippen molar-refractivity contribution in [2.24, 2.45) is 0 Å². The fourth-order valence-electron chi connectivity index (χ4n) is 2.46. The molecule has 1 N–H and O–H groups in total. The van der Waals surface area contributed by atoms with Crippen molar-refractivity contribution in [3.05, 3.63) is 47.2 Å². The van der Waals surface area contributed by atoms with Gasteiger partial charge in [-0.3, -0.25) is 4.72 Å². The number of sulfonamides is 1. The summed E-state index contributed by atoms with van der Waals surface area (Å²) < 4.78 is 33.8. The summed E-state index contributed by atoms with van der Waals surface area (Å²) in [6.07, 6.45) is 3.57. The van der Waals surface area contributed by atoms with Crippen molar-refractivity contribution in [3.63, 3.8) is 0 Å². The summed E-state index contributed by atoms with van der Waals surface area (Å²) in [5.74, 6) is 1.08. The molecule has 5 nitrogen and oxygen atoms in total. The molecule has 1 heterocycles. The molecule has 1 aromatic heterocycles. The Morgan fingerprint density at radius 1 is 1.17 bits per heavy atom. The number of nitrogens with zero attached hydrogens (tertiary/aromatic N) is 1. The molecule has 0 saturated carbocycles. The molecule has 1 aromatic carbocycles. The van der Waals surface area contributed by atoms with Gasteiger partial charge in [-0.2, -0.15) is 0 Å². The highest BCUT2D eigenvalue weighted by Gasteiger charge is 2.22. The highest BCUT2D eigenvalue weighted by atomic mass is 32.2. The van der Waals surface area contributed by atoms with Gasteiger partial charge in [0.25, 0.3) is 10.0 Å². The van der Waals surface area contributed by atoms with Crippen molar-refractivity contribution in [2.75, 3.05) is 11.3 Å². The van der Waals surface area contributed by atoms with Gasteiger partial charge in [-0.05, 0) is 62.1 Å². The number of anilines is 1. The Morgan fingerprint density at radius 2 is 1.92 bits per heavy atom. The summed E-state index contributed by atoms with van der Waals surface area (Å²) in [5, 5.41) is 0. The molecule has 0 amide bonds. The van der Waals surface area contributed by atoms with E-state index in [9.17, 15) is 8.42 Å². The van der Waals surface area contributed by atoms with Crippen molar-refractivity contribution in [1.29, 1.82) is 0 Å². The van der Waals surface area contributed by atoms with Crippen molar-refractivity contribution in [2.45, 2.75) is 45.4 Å². The molecule has 0 saturated heterocycles. The Labute approximate surface area is 144 Å². The summed E-state index contributed by atoms with van der Waals surface area (Å²) in [6.45, 7) is 8.30. The van der Waals surface area contributed by atoms with Gasteiger partial charge in [0.1, 0.15) is 11.6 Å². The Bertz CT molecular complexity index is 803. The van der Waals surface area contributed by atoms with Crippen LogP contribution in [0.3, 0.4) is 0 Å². The fourth-order valence-corrected chi connectivity index (χ4v) is 3.85. The second-order valence-electron chi connectivity index (χ2n) is 5.79. The van der Waals surface area contributed by atoms with E-state index >= 15 is 0 Å². The van der Waals surface area contributed by atoms with Crippen LogP contribution in [-0.4, -0.2) is 20.0 Å². The molecule has 2 aromatic rings. The lowest BCUT2D eigenvalue weighted by Gasteiger charge is -2.18. The molecule has 0 aliphatic carbocycles. The first kappa shape index (κ1) is 18.3. The van der Waals surface area contributed by atoms with E-state index in [0.717, 1.165) is 29.7 Å². The van der Waals surface area contributed by atoms with Crippen LogP contribution in [-0.2, 0) is 10.0 Å². The maximum Gasteiger partial charge on any atom is 0.263 e. The largest absolute Gasteiger partial charge is 0.493 e. The molecular formula is C18H24N2O3S. The van der Waals surface area contributed by atoms with Crippen molar-refractivity contribution >= 4 is 15.8 Å². The molecule has 0 bridgehead atoms. The lowest BCUT2D eigenvalue weighted by Crippen LogP contribution is -2.16. The topological polar surface area (TPSA) is 68.3 Å². The van der Waals surface area contributed by atoms with Crippen LogP contribution in [0.2, 0.25) is 0 Å². The van der Waals surface area contributed by atoms with E-state index in [4.69, 9.17) is 4.74 Å². The van der Waals surface area contributed by atoms with Gasteiger partial charge >= 0.3 is 0 Å². The third kappa shape index (κ3) is 4.06. The van der Waals surface area contributed by atoms with Gasteiger partial charge in [0, 0.05) is 6.20 Å². The van der Waals surface area contributed by atoms with E-state index in [2.05, 4.69) is 16.6 Å². The van der Waals surface area contributed by atoms with Crippen LogP contribution in [0.4, 0.5) is 5.82 Å². The molecule has 0 spiro atoms. The highest BCUT2D eigenvalue weighted by molar-refractivity contribution is 7.92. The first-order chi connectivity index (χ1) is 11.4. The number of ether oxygens (including phenoxy) is 1. The number of hydrogen-bond donors (Lipinski definition) is 1. The average Bonchev–Trinajstić information content (AvgIpc) is 2.54. The van der Waals surface area contributed by atoms with Crippen LogP contribution in [0.25, 0.3) is 0 Å². The minimum absolute atomic E-state index is 0.256. The Morgan fingerprint density at radius 3 is 2.54 bits per heavy atom. The number of aromatic nitrogens is 1. The van der Waals surface area contributed by atoms with E-state index in [1.807, 2.05) is 13.8 Å². The molecule has 0 aliphatic rings. The SMILES string of the molecule is CCCCOc1c(C)cc(S(=O)(=O)Nc2ccccn2)c(C)c1C. The monoisotopic (exact) mass is 348 g/mol. The van der Waals surface area contributed by atoms with Crippen LogP contribution in [0.5, 0.6) is 5.75 Å². The van der Waals surface area contributed by atoms with Crippen LogP contribution in [0.15, 0.2) is 35.4 Å². The number of aryl methyl sites for hydroxylation is 1. The Hall–Kier alpha value is -2.08. The summed E-state index contributed by atoms with van der Waals surface area (Å²) in [7, 11) is -3.70. The molecule has 6 heteroatoms. The summed E-state index contributed by atoms with van der Waals surface area (Å²) in [4.78, 5) is 4.27. The third-order valence-corrected chi connectivity index (χ3v) is 5.40. The average molecular weight is 348 g/mol. The molecular weight excluding hydrogens is 324 g/mol. The third-order valence-electron chi connectivity index (χ3n) is 3.92. The molecule has 0 radical (unpaired) electrons. The van der Waals surface area contributed by atoms with Crippen LogP contribution in [0, 0.1) is 20.8 Å². The van der Waals surface area contributed by atoms with Crippen molar-refractivity contribution < 1.29 is 13.2 Å². The Balaban J connectivity index is 2.37. The summed E-state index contributed by atoms with van der Waals surface area (Å²) in [6, 6.07) is 6.75. The van der Waals surface area contributed by atoms with E-state index < -0.39 is 10.0 Å². The van der Waals surface area contributed by atoms with Gasteiger partial charge in [0.2, 0.25) is 0 Å². The standard InChI is InChI=1S/C18H24N2O3S/c1-5-6-11-23-18-13(2)12-16(14(3)15(18)4)24(21,22)20-17-9-7-8-10-19-17/h7-10,12H,5-6,11H2,1-4H3,(H,19,20). The predicted molar refractivity (Wildman–Crippen MR) is 96.1 cm³/mol. The minimum atomic E-state index is -3.70. The molecule has 130 valence electrons. The highest BCUT2D eigenvalue weighted by Crippen LogP contribution is 2.32. The number of pyridine rings is 1. The zero-order valence-corrected chi connectivity index (χ0v) is 15.4. The second kappa shape index (κ2) is 7.66. The fraction of sp³-hybridized carbons (Fsp3) is 0.389. The van der Waals surface area contributed by atoms with Gasteiger partial charge in [-0.1, -0.05) is 19.4 Å². The van der Waals surface area contributed by atoms with Gasteiger partial charge in [0.05, 0.1) is 11.5 Å². The number of benzene rings is 1. The van der Waals surface area contributed by atoms with Gasteiger partial charge in [-0.25, -0.2) is 13.4 Å². The molecule has 0 aliphatic heterocycles. The van der Waals surface area contributed by atoms with Gasteiger partial charge < -0.3 is 4.74 Å². The van der Waals surface area contributed by atoms with Crippen molar-refractivity contribution in [1.82, 2.24) is 4.98 Å². The van der Waals surface area contributed by atoms with Crippen LogP contribution in [0.1, 0.15) is 36.5 Å². The zero-order valence-electron chi connectivity index (χ0n) is 14.6. The molecule has 2 rings (SSSR count). The van der Waals surface area contributed by atoms with Crippen LogP contribution < -0.4 is 9.46 Å². The predicted octanol–water partition coefficient (Wildman–Crippen LogP) is 3.99. The number of unbranched alkanes of at least 4 members (excludes halogenated alkanes) is 1. The van der Waals surface area contributed by atoms with Gasteiger partial charge in [0.15, 0.2) is 0 Å². The molecule has 0 fully saturated rings. The number of hydrogen-bond acceptors (Lipinski definition) is 4.